The van der Waals surface area contributed by atoms with Crippen LogP contribution in [-0.4, -0.2) is 32.9 Å². The van der Waals surface area contributed by atoms with Crippen molar-refractivity contribution >= 4 is 0 Å². The first-order valence-electron chi connectivity index (χ1n) is 0. The third kappa shape index (κ3) is 436. The van der Waals surface area contributed by atoms with Crippen LogP contribution in [0.1, 0.15) is 14.9 Å². The van der Waals surface area contributed by atoms with E-state index >= 15 is 0 Å². The molecule has 72 valence electrons. The van der Waals surface area contributed by atoms with Crippen LogP contribution in [0.3, 0.4) is 0 Å². The first-order valence-corrected chi connectivity index (χ1v) is 0. The van der Waals surface area contributed by atoms with Crippen LogP contribution in [0, 0.1) is 0 Å². The van der Waals surface area contributed by atoms with Crippen molar-refractivity contribution in [2.45, 2.75) is 14.9 Å². The third-order valence-electron chi connectivity index (χ3n) is 0. The minimum absolute atomic E-state index is 0. The van der Waals surface area contributed by atoms with Gasteiger partial charge in [0.05, 0.1) is 0 Å². The maximum Gasteiger partial charge on any atom is 0 e. The standard InChI is InChI=1S/2CH4.6H2O.2Ti/h2*1H4;6*1H2;;. The fourth-order valence-electron chi connectivity index (χ4n) is 0. The molecule has 6 nitrogen and oxygen atoms in total. The Balaban J connectivity index is 0. The van der Waals surface area contributed by atoms with Crippen LogP contribution in [-0.2, 0) is 43.4 Å². The van der Waals surface area contributed by atoms with E-state index in [4.69, 9.17) is 0 Å². The predicted octanol–water partition coefficient (Wildman–Crippen LogP) is -3.68. The average Bonchev–Trinajstić information content (AvgIpc) is 0. The van der Waals surface area contributed by atoms with E-state index in [1.165, 1.54) is 0 Å². The zero-order valence-electron chi connectivity index (χ0n) is 4.00. The summed E-state index contributed by atoms with van der Waals surface area (Å²) in [7, 11) is 0. The molecule has 0 amide bonds. The van der Waals surface area contributed by atoms with E-state index in [0.29, 0.717) is 0 Å². The summed E-state index contributed by atoms with van der Waals surface area (Å²) >= 11 is 0. The van der Waals surface area contributed by atoms with Gasteiger partial charge in [0.2, 0.25) is 0 Å². The van der Waals surface area contributed by atoms with Gasteiger partial charge in [-0.15, -0.1) is 0 Å². The molecule has 0 heterocycles. The second-order valence-corrected chi connectivity index (χ2v) is 0. The summed E-state index contributed by atoms with van der Waals surface area (Å²) in [6.07, 6.45) is 0. The van der Waals surface area contributed by atoms with Gasteiger partial charge in [-0.2, -0.15) is 0 Å². The van der Waals surface area contributed by atoms with Crippen molar-refractivity contribution in [3.8, 4) is 0 Å². The Hall–Kier alpha value is 1.19. The van der Waals surface area contributed by atoms with E-state index in [1.54, 1.807) is 0 Å². The average molecular weight is 236 g/mol. The molecule has 0 saturated carbocycles. The van der Waals surface area contributed by atoms with Crippen molar-refractivity contribution in [2.24, 2.45) is 0 Å². The van der Waals surface area contributed by atoms with Gasteiger partial charge >= 0.3 is 0 Å². The van der Waals surface area contributed by atoms with Gasteiger partial charge in [0, 0.05) is 43.4 Å². The topological polar surface area (TPSA) is 189 Å². The molecule has 0 unspecified atom stereocenters. The van der Waals surface area contributed by atoms with Gasteiger partial charge in [0.15, 0.2) is 0 Å². The molecule has 0 aromatic heterocycles. The third-order valence-corrected chi connectivity index (χ3v) is 0. The van der Waals surface area contributed by atoms with E-state index in [9.17, 15) is 0 Å². The molecule has 0 bridgehead atoms. The van der Waals surface area contributed by atoms with E-state index in [1.807, 2.05) is 0 Å². The Morgan fingerprint density at radius 1 is 0.300 bits per heavy atom. The molecule has 0 saturated heterocycles. The number of rotatable bonds is 0. The van der Waals surface area contributed by atoms with Crippen LogP contribution < -0.4 is 0 Å². The van der Waals surface area contributed by atoms with Crippen molar-refractivity contribution in [1.82, 2.24) is 0 Å². The fraction of sp³-hybridized carbons (Fsp3) is 1.00. The van der Waals surface area contributed by atoms with E-state index in [0.717, 1.165) is 0 Å². The smallest absolute Gasteiger partial charge is 0 e. The molecule has 0 aromatic rings. The summed E-state index contributed by atoms with van der Waals surface area (Å²) in [5, 5.41) is 0. The Labute approximate surface area is 91.0 Å². The predicted molar refractivity (Wildman–Crippen MR) is 35.1 cm³/mol. The van der Waals surface area contributed by atoms with Crippen molar-refractivity contribution < 1.29 is 76.3 Å². The van der Waals surface area contributed by atoms with Gasteiger partial charge < -0.3 is 32.9 Å². The monoisotopic (exact) mass is 236 g/mol. The maximum absolute atomic E-state index is 0. The quantitative estimate of drug-likeness (QED) is 0.374. The van der Waals surface area contributed by atoms with Crippen LogP contribution in [0.5, 0.6) is 0 Å². The first kappa shape index (κ1) is 822. The van der Waals surface area contributed by atoms with Gasteiger partial charge in [-0.05, 0) is 0 Å². The molecule has 0 aliphatic rings. The zero-order valence-corrected chi connectivity index (χ0v) is 7.12. The molecule has 0 aliphatic carbocycles. The summed E-state index contributed by atoms with van der Waals surface area (Å²) < 4.78 is 0. The van der Waals surface area contributed by atoms with Gasteiger partial charge in [0.25, 0.3) is 0 Å². The molecule has 8 heteroatoms. The van der Waals surface area contributed by atoms with Crippen molar-refractivity contribution in [3.05, 3.63) is 0 Å². The van der Waals surface area contributed by atoms with Gasteiger partial charge in [-0.25, -0.2) is 0 Å². The molecule has 0 atom stereocenters. The van der Waals surface area contributed by atoms with Crippen molar-refractivity contribution in [2.75, 3.05) is 0 Å². The normalized spacial score (nSPS) is 0. The molecule has 12 N–H and O–H groups in total. The second-order valence-electron chi connectivity index (χ2n) is 0. The maximum atomic E-state index is 0. The molecule has 10 heavy (non-hydrogen) atoms. The van der Waals surface area contributed by atoms with Crippen LogP contribution in [0.15, 0.2) is 0 Å². The van der Waals surface area contributed by atoms with Gasteiger partial charge in [-0.3, -0.25) is 0 Å². The molecule has 0 fully saturated rings. The van der Waals surface area contributed by atoms with Crippen LogP contribution in [0.25, 0.3) is 0 Å². The molecular weight excluding hydrogens is 216 g/mol. The molecule has 0 spiro atoms. The molecule has 0 rings (SSSR count). The first-order chi connectivity index (χ1) is 0. The molecule has 0 radical (unpaired) electrons. The van der Waals surface area contributed by atoms with E-state index < -0.39 is 0 Å². The summed E-state index contributed by atoms with van der Waals surface area (Å²) in [6.45, 7) is 0. The molecular formula is C2H20O6Ti2. The van der Waals surface area contributed by atoms with Crippen LogP contribution >= 0.6 is 0 Å². The largest absolute Gasteiger partial charge is 0.412 e. The Morgan fingerprint density at radius 3 is 0.300 bits per heavy atom. The number of hydrogen-bond acceptors (Lipinski definition) is 0. The van der Waals surface area contributed by atoms with E-state index in [-0.39, 0.29) is 91.1 Å². The summed E-state index contributed by atoms with van der Waals surface area (Å²) in [4.78, 5) is 0. The van der Waals surface area contributed by atoms with Crippen molar-refractivity contribution in [1.29, 1.82) is 0 Å². The minimum atomic E-state index is 0. The number of hydrogen-bond donors (Lipinski definition) is 0. The minimum Gasteiger partial charge on any atom is -0.412 e. The van der Waals surface area contributed by atoms with E-state index in [2.05, 4.69) is 0 Å². The summed E-state index contributed by atoms with van der Waals surface area (Å²) in [5.74, 6) is 0. The second kappa shape index (κ2) is 609. The Morgan fingerprint density at radius 2 is 0.300 bits per heavy atom. The van der Waals surface area contributed by atoms with Crippen molar-refractivity contribution in [3.63, 3.8) is 0 Å². The van der Waals surface area contributed by atoms with Crippen LogP contribution in [0.4, 0.5) is 0 Å². The summed E-state index contributed by atoms with van der Waals surface area (Å²) in [6, 6.07) is 0. The van der Waals surface area contributed by atoms with Gasteiger partial charge in [-0.1, -0.05) is 14.9 Å². The SMILES string of the molecule is C.C.O.O.O.O.O.O.[Ti].[Ti]. The fourth-order valence-corrected chi connectivity index (χ4v) is 0. The van der Waals surface area contributed by atoms with Crippen LogP contribution in [0.2, 0.25) is 0 Å². The zero-order chi connectivity index (χ0) is 0. The Kier molecular flexibility index (Phi) is 50100. The summed E-state index contributed by atoms with van der Waals surface area (Å²) in [5.41, 5.74) is 0. The molecule has 0 aromatic carbocycles. The molecule has 0 aliphatic heterocycles. The van der Waals surface area contributed by atoms with Gasteiger partial charge in [0.1, 0.15) is 0 Å². The Bertz CT molecular complexity index is 13.7.